The van der Waals surface area contributed by atoms with Crippen LogP contribution in [0.4, 0.5) is 4.79 Å². The fourth-order valence-corrected chi connectivity index (χ4v) is 1.69. The number of likely N-dealkylation sites (tertiary alicyclic amines) is 1. The Morgan fingerprint density at radius 2 is 1.89 bits per heavy atom. The SMILES string of the molecule is CC(C)OC(=O)C1CC(=O)N(C(=O)OC(C)(C)C)C1. The lowest BCUT2D eigenvalue weighted by atomic mass is 10.1. The molecule has 1 aliphatic rings. The summed E-state index contributed by atoms with van der Waals surface area (Å²) in [6, 6.07) is 0. The smallest absolute Gasteiger partial charge is 0.417 e. The molecular weight excluding hydrogens is 250 g/mol. The van der Waals surface area contributed by atoms with Crippen LogP contribution in [0.3, 0.4) is 0 Å². The largest absolute Gasteiger partial charge is 0.463 e. The van der Waals surface area contributed by atoms with E-state index in [1.54, 1.807) is 34.6 Å². The molecule has 2 amide bonds. The zero-order valence-electron chi connectivity index (χ0n) is 12.1. The molecule has 1 atom stereocenters. The normalized spacial score (nSPS) is 19.8. The van der Waals surface area contributed by atoms with Crippen LogP contribution in [-0.4, -0.2) is 41.1 Å². The summed E-state index contributed by atoms with van der Waals surface area (Å²) < 4.78 is 10.2. The molecule has 0 saturated carbocycles. The summed E-state index contributed by atoms with van der Waals surface area (Å²) in [5.41, 5.74) is -0.673. The van der Waals surface area contributed by atoms with E-state index in [2.05, 4.69) is 0 Å². The predicted octanol–water partition coefficient (Wildman–Crippen LogP) is 1.72. The summed E-state index contributed by atoms with van der Waals surface area (Å²) >= 11 is 0. The molecule has 0 bridgehead atoms. The van der Waals surface area contributed by atoms with E-state index in [4.69, 9.17) is 9.47 Å². The van der Waals surface area contributed by atoms with Gasteiger partial charge in [0.15, 0.2) is 0 Å². The van der Waals surface area contributed by atoms with Gasteiger partial charge in [0.1, 0.15) is 5.60 Å². The van der Waals surface area contributed by atoms with Crippen molar-refractivity contribution in [3.05, 3.63) is 0 Å². The van der Waals surface area contributed by atoms with E-state index in [9.17, 15) is 14.4 Å². The topological polar surface area (TPSA) is 72.9 Å². The van der Waals surface area contributed by atoms with Gasteiger partial charge in [-0.25, -0.2) is 9.69 Å². The fourth-order valence-electron chi connectivity index (χ4n) is 1.69. The van der Waals surface area contributed by atoms with E-state index in [0.717, 1.165) is 4.90 Å². The second-order valence-corrected chi connectivity index (χ2v) is 5.87. The Morgan fingerprint density at radius 3 is 2.37 bits per heavy atom. The van der Waals surface area contributed by atoms with E-state index in [1.165, 1.54) is 0 Å². The summed E-state index contributed by atoms with van der Waals surface area (Å²) in [5.74, 6) is -1.45. The molecular formula is C13H21NO5. The number of carbonyl (C=O) groups is 3. The third-order valence-corrected chi connectivity index (χ3v) is 2.42. The Bertz CT molecular complexity index is 383. The molecule has 0 radical (unpaired) electrons. The first-order chi connectivity index (χ1) is 8.60. The average molecular weight is 271 g/mol. The number of hydrogen-bond acceptors (Lipinski definition) is 5. The third-order valence-electron chi connectivity index (χ3n) is 2.42. The average Bonchev–Trinajstić information content (AvgIpc) is 2.56. The molecule has 108 valence electrons. The summed E-state index contributed by atoms with van der Waals surface area (Å²) in [4.78, 5) is 36.2. The number of carbonyl (C=O) groups excluding carboxylic acids is 3. The van der Waals surface area contributed by atoms with Crippen molar-refractivity contribution in [2.75, 3.05) is 6.54 Å². The minimum atomic E-state index is -0.711. The van der Waals surface area contributed by atoms with Crippen LogP contribution in [0, 0.1) is 5.92 Å². The molecule has 1 heterocycles. The number of amides is 2. The second-order valence-electron chi connectivity index (χ2n) is 5.87. The Labute approximate surface area is 113 Å². The number of nitrogens with zero attached hydrogens (tertiary/aromatic N) is 1. The summed E-state index contributed by atoms with van der Waals surface area (Å²) in [6.45, 7) is 8.65. The predicted molar refractivity (Wildman–Crippen MR) is 67.3 cm³/mol. The molecule has 6 nitrogen and oxygen atoms in total. The van der Waals surface area contributed by atoms with Gasteiger partial charge in [-0.2, -0.15) is 0 Å². The standard InChI is InChI=1S/C13H21NO5/c1-8(2)18-11(16)9-6-10(15)14(7-9)12(17)19-13(3,4)5/h8-9H,6-7H2,1-5H3. The molecule has 1 fully saturated rings. The Balaban J connectivity index is 2.63. The van der Waals surface area contributed by atoms with Gasteiger partial charge in [0.2, 0.25) is 5.91 Å². The third kappa shape index (κ3) is 4.54. The minimum Gasteiger partial charge on any atom is -0.463 e. The zero-order chi connectivity index (χ0) is 14.8. The number of imide groups is 1. The van der Waals surface area contributed by atoms with Crippen molar-refractivity contribution in [3.8, 4) is 0 Å². The molecule has 1 aliphatic heterocycles. The Hall–Kier alpha value is -1.59. The molecule has 0 aliphatic carbocycles. The number of esters is 1. The van der Waals surface area contributed by atoms with Crippen LogP contribution in [0.25, 0.3) is 0 Å². The van der Waals surface area contributed by atoms with Gasteiger partial charge in [-0.3, -0.25) is 9.59 Å². The molecule has 0 aromatic rings. The zero-order valence-corrected chi connectivity index (χ0v) is 12.1. The van der Waals surface area contributed by atoms with Gasteiger partial charge in [-0.15, -0.1) is 0 Å². The van der Waals surface area contributed by atoms with Crippen LogP contribution in [0.15, 0.2) is 0 Å². The highest BCUT2D eigenvalue weighted by atomic mass is 16.6. The van der Waals surface area contributed by atoms with Gasteiger partial charge < -0.3 is 9.47 Å². The monoisotopic (exact) mass is 271 g/mol. The van der Waals surface area contributed by atoms with Gasteiger partial charge in [-0.1, -0.05) is 0 Å². The van der Waals surface area contributed by atoms with Crippen LogP contribution < -0.4 is 0 Å². The van der Waals surface area contributed by atoms with Crippen molar-refractivity contribution in [1.82, 2.24) is 4.90 Å². The maximum atomic E-state index is 11.8. The van der Waals surface area contributed by atoms with E-state index >= 15 is 0 Å². The van der Waals surface area contributed by atoms with E-state index in [1.807, 2.05) is 0 Å². The lowest BCUT2D eigenvalue weighted by Gasteiger charge is -2.23. The van der Waals surface area contributed by atoms with Gasteiger partial charge in [0, 0.05) is 13.0 Å². The van der Waals surface area contributed by atoms with E-state index < -0.39 is 29.5 Å². The highest BCUT2D eigenvalue weighted by molar-refractivity contribution is 5.97. The van der Waals surface area contributed by atoms with Crippen molar-refractivity contribution in [2.45, 2.75) is 52.7 Å². The molecule has 0 N–H and O–H groups in total. The summed E-state index contributed by atoms with van der Waals surface area (Å²) in [5, 5.41) is 0. The molecule has 0 spiro atoms. The van der Waals surface area contributed by atoms with Crippen molar-refractivity contribution >= 4 is 18.0 Å². The first-order valence-corrected chi connectivity index (χ1v) is 6.34. The first-order valence-electron chi connectivity index (χ1n) is 6.34. The lowest BCUT2D eigenvalue weighted by Crippen LogP contribution is -2.38. The number of ether oxygens (including phenoxy) is 2. The van der Waals surface area contributed by atoms with Crippen LogP contribution in [0.5, 0.6) is 0 Å². The number of rotatable bonds is 2. The Morgan fingerprint density at radius 1 is 1.32 bits per heavy atom. The van der Waals surface area contributed by atoms with Gasteiger partial charge in [-0.05, 0) is 34.6 Å². The van der Waals surface area contributed by atoms with Crippen LogP contribution in [0.2, 0.25) is 0 Å². The fraction of sp³-hybridized carbons (Fsp3) is 0.769. The van der Waals surface area contributed by atoms with Gasteiger partial charge in [0.05, 0.1) is 12.0 Å². The van der Waals surface area contributed by atoms with Crippen molar-refractivity contribution in [1.29, 1.82) is 0 Å². The summed E-state index contributed by atoms with van der Waals surface area (Å²) in [6.07, 6.45) is -0.958. The van der Waals surface area contributed by atoms with Crippen molar-refractivity contribution in [2.24, 2.45) is 5.92 Å². The van der Waals surface area contributed by atoms with Crippen LogP contribution in [-0.2, 0) is 19.1 Å². The van der Waals surface area contributed by atoms with E-state index in [0.29, 0.717) is 0 Å². The molecule has 1 rings (SSSR count). The maximum Gasteiger partial charge on any atom is 0.417 e. The van der Waals surface area contributed by atoms with E-state index in [-0.39, 0.29) is 19.1 Å². The van der Waals surface area contributed by atoms with Crippen molar-refractivity contribution < 1.29 is 23.9 Å². The van der Waals surface area contributed by atoms with Crippen LogP contribution in [0.1, 0.15) is 41.0 Å². The lowest BCUT2D eigenvalue weighted by molar-refractivity contribution is -0.152. The molecule has 0 aromatic carbocycles. The Kier molecular flexibility index (Phi) is 4.55. The van der Waals surface area contributed by atoms with Gasteiger partial charge in [0.25, 0.3) is 0 Å². The maximum absolute atomic E-state index is 11.8. The summed E-state index contributed by atoms with van der Waals surface area (Å²) in [7, 11) is 0. The second kappa shape index (κ2) is 5.59. The van der Waals surface area contributed by atoms with Crippen molar-refractivity contribution in [3.63, 3.8) is 0 Å². The molecule has 6 heteroatoms. The number of hydrogen-bond donors (Lipinski definition) is 0. The highest BCUT2D eigenvalue weighted by Gasteiger charge is 2.40. The molecule has 19 heavy (non-hydrogen) atoms. The first kappa shape index (κ1) is 15.5. The molecule has 1 unspecified atom stereocenters. The van der Waals surface area contributed by atoms with Crippen LogP contribution >= 0.6 is 0 Å². The molecule has 1 saturated heterocycles. The quantitative estimate of drug-likeness (QED) is 0.715. The molecule has 0 aromatic heterocycles. The highest BCUT2D eigenvalue weighted by Crippen LogP contribution is 2.22. The van der Waals surface area contributed by atoms with Gasteiger partial charge >= 0.3 is 12.1 Å². The minimum absolute atomic E-state index is 0.00913.